The Morgan fingerprint density at radius 1 is 1.25 bits per heavy atom. The number of carbonyl (C=O) groups excluding carboxylic acids is 1. The molecule has 1 heterocycles. The topological polar surface area (TPSA) is 112 Å². The summed E-state index contributed by atoms with van der Waals surface area (Å²) in [6, 6.07) is 6.40. The van der Waals surface area contributed by atoms with E-state index < -0.39 is 21.9 Å². The highest BCUT2D eigenvalue weighted by atomic mass is 32.2. The number of urea groups is 1. The Morgan fingerprint density at radius 3 is 2.43 bits per heavy atom. The van der Waals surface area contributed by atoms with Crippen molar-refractivity contribution in [2.24, 2.45) is 0 Å². The van der Waals surface area contributed by atoms with Crippen molar-refractivity contribution in [1.82, 2.24) is 9.29 Å². The van der Waals surface area contributed by atoms with Crippen LogP contribution in [0.1, 0.15) is 20.3 Å². The zero-order valence-electron chi connectivity index (χ0n) is 16.2. The van der Waals surface area contributed by atoms with Gasteiger partial charge in [0.25, 0.3) is 10.0 Å². The number of hydrogen-bond donors (Lipinski definition) is 2. The molecule has 9 nitrogen and oxygen atoms in total. The molecule has 0 atom stereocenters. The van der Waals surface area contributed by atoms with Crippen LogP contribution < -0.4 is 15.0 Å². The van der Waals surface area contributed by atoms with Crippen molar-refractivity contribution >= 4 is 38.2 Å². The van der Waals surface area contributed by atoms with Crippen molar-refractivity contribution in [2.75, 3.05) is 37.5 Å². The molecule has 0 aliphatic heterocycles. The molecule has 0 saturated carbocycles. The first-order chi connectivity index (χ1) is 13.2. The molecule has 2 rings (SSSR count). The summed E-state index contributed by atoms with van der Waals surface area (Å²) in [5.41, 5.74) is 0.552. The lowest BCUT2D eigenvalue weighted by atomic mass is 10.3. The highest BCUT2D eigenvalue weighted by molar-refractivity contribution is 7.91. The molecule has 0 bridgehead atoms. The van der Waals surface area contributed by atoms with Gasteiger partial charge in [-0.1, -0.05) is 18.3 Å². The Balaban J connectivity index is 2.26. The van der Waals surface area contributed by atoms with Gasteiger partial charge in [-0.05, 0) is 37.6 Å². The average molecular weight is 429 g/mol. The second-order valence-corrected chi connectivity index (χ2v) is 9.26. The zero-order chi connectivity index (χ0) is 20.9. The molecular weight excluding hydrogens is 404 g/mol. The average Bonchev–Trinajstić information content (AvgIpc) is 3.03. The van der Waals surface area contributed by atoms with Crippen LogP contribution >= 0.6 is 11.3 Å². The van der Waals surface area contributed by atoms with Gasteiger partial charge in [-0.2, -0.15) is 4.98 Å². The Morgan fingerprint density at radius 2 is 1.89 bits per heavy atom. The summed E-state index contributed by atoms with van der Waals surface area (Å²) in [4.78, 5) is 17.9. The number of nitrogens with one attached hydrogen (secondary N) is 1. The molecule has 11 heteroatoms. The van der Waals surface area contributed by atoms with Crippen LogP contribution in [0, 0.1) is 0 Å². The van der Waals surface area contributed by atoms with Crippen LogP contribution in [0.15, 0.2) is 28.5 Å². The van der Waals surface area contributed by atoms with Crippen LogP contribution in [0.3, 0.4) is 0 Å². The standard InChI is InChI=1S/C17H24N4O5S2/c1-5-11-21(16(23)18-12-7-9-13(10-8-12)26-6-2)17-19-14(22)15(27-17)28(24,25)20(3)4/h7-10,22H,5-6,11H2,1-4H3,(H,18,23). The van der Waals surface area contributed by atoms with Crippen LogP contribution in [-0.4, -0.2) is 56.1 Å². The molecule has 0 unspecified atom stereocenters. The number of carbonyl (C=O) groups is 1. The van der Waals surface area contributed by atoms with E-state index in [0.717, 1.165) is 15.6 Å². The van der Waals surface area contributed by atoms with Crippen molar-refractivity contribution < 1.29 is 23.1 Å². The molecule has 0 aliphatic rings. The molecule has 0 aliphatic carbocycles. The van der Waals surface area contributed by atoms with Crippen LogP contribution in [0.5, 0.6) is 11.6 Å². The minimum Gasteiger partial charge on any atom is -0.494 e. The molecule has 1 aromatic carbocycles. The van der Waals surface area contributed by atoms with E-state index in [1.165, 1.54) is 19.0 Å². The second-order valence-electron chi connectivity index (χ2n) is 5.93. The summed E-state index contributed by atoms with van der Waals surface area (Å²) in [5.74, 6) is 0.0676. The molecular formula is C17H24N4O5S2. The summed E-state index contributed by atoms with van der Waals surface area (Å²) in [6.07, 6.45) is 0.618. The van der Waals surface area contributed by atoms with Crippen molar-refractivity contribution in [2.45, 2.75) is 24.5 Å². The first kappa shape index (κ1) is 21.9. The van der Waals surface area contributed by atoms with Gasteiger partial charge in [0.2, 0.25) is 10.1 Å². The van der Waals surface area contributed by atoms with Gasteiger partial charge in [0.05, 0.1) is 6.61 Å². The van der Waals surface area contributed by atoms with E-state index in [-0.39, 0.29) is 9.34 Å². The highest BCUT2D eigenvalue weighted by Gasteiger charge is 2.29. The van der Waals surface area contributed by atoms with E-state index in [0.29, 0.717) is 31.0 Å². The normalized spacial score (nSPS) is 11.5. The van der Waals surface area contributed by atoms with Crippen LogP contribution in [0.25, 0.3) is 0 Å². The third kappa shape index (κ3) is 4.91. The predicted octanol–water partition coefficient (Wildman–Crippen LogP) is 2.95. The van der Waals surface area contributed by atoms with E-state index in [1.807, 2.05) is 13.8 Å². The van der Waals surface area contributed by atoms with Crippen LogP contribution in [0.4, 0.5) is 15.6 Å². The first-order valence-electron chi connectivity index (χ1n) is 8.64. The molecule has 2 amide bonds. The number of rotatable bonds is 8. The van der Waals surface area contributed by atoms with Crippen molar-refractivity contribution in [1.29, 1.82) is 0 Å². The first-order valence-corrected chi connectivity index (χ1v) is 10.9. The minimum absolute atomic E-state index is 0.100. The number of aromatic nitrogens is 1. The van der Waals surface area contributed by atoms with Crippen LogP contribution in [-0.2, 0) is 10.0 Å². The fourth-order valence-corrected chi connectivity index (χ4v) is 4.66. The predicted molar refractivity (Wildman–Crippen MR) is 109 cm³/mol. The fraction of sp³-hybridized carbons (Fsp3) is 0.412. The summed E-state index contributed by atoms with van der Waals surface area (Å²) in [6.45, 7) is 4.60. The number of amides is 2. The zero-order valence-corrected chi connectivity index (χ0v) is 17.8. The third-order valence-electron chi connectivity index (χ3n) is 3.62. The van der Waals surface area contributed by atoms with Gasteiger partial charge in [-0.25, -0.2) is 17.5 Å². The maximum atomic E-state index is 12.7. The molecule has 154 valence electrons. The number of thiazole rings is 1. The number of nitrogens with zero attached hydrogens (tertiary/aromatic N) is 3. The molecule has 0 saturated heterocycles. The van der Waals surface area contributed by atoms with Gasteiger partial charge < -0.3 is 15.2 Å². The van der Waals surface area contributed by atoms with Gasteiger partial charge in [-0.3, -0.25) is 4.90 Å². The van der Waals surface area contributed by atoms with Crippen molar-refractivity contribution in [3.63, 3.8) is 0 Å². The fourth-order valence-electron chi connectivity index (χ4n) is 2.24. The molecule has 2 N–H and O–H groups in total. The van der Waals surface area contributed by atoms with Gasteiger partial charge in [0.15, 0.2) is 5.13 Å². The molecule has 0 radical (unpaired) electrons. The quantitative estimate of drug-likeness (QED) is 0.669. The molecule has 0 spiro atoms. The summed E-state index contributed by atoms with van der Waals surface area (Å²) in [7, 11) is -1.15. The van der Waals surface area contributed by atoms with Crippen molar-refractivity contribution in [3.05, 3.63) is 24.3 Å². The number of anilines is 2. The number of hydrogen-bond acceptors (Lipinski definition) is 7. The van der Waals surface area contributed by atoms with Crippen LogP contribution in [0.2, 0.25) is 0 Å². The summed E-state index contributed by atoms with van der Waals surface area (Å²) >= 11 is 0.745. The van der Waals surface area contributed by atoms with E-state index in [9.17, 15) is 18.3 Å². The largest absolute Gasteiger partial charge is 0.494 e. The lowest BCUT2D eigenvalue weighted by Crippen LogP contribution is -2.35. The van der Waals surface area contributed by atoms with E-state index in [4.69, 9.17) is 4.74 Å². The molecule has 2 aromatic rings. The maximum absolute atomic E-state index is 12.7. The Hall–Kier alpha value is -2.37. The maximum Gasteiger partial charge on any atom is 0.328 e. The SMILES string of the molecule is CCCN(C(=O)Nc1ccc(OCC)cc1)c1nc(O)c(S(=O)(=O)N(C)C)s1. The highest BCUT2D eigenvalue weighted by Crippen LogP contribution is 2.36. The Bertz CT molecular complexity index is 910. The number of ether oxygens (including phenoxy) is 1. The van der Waals surface area contributed by atoms with Gasteiger partial charge in [0, 0.05) is 26.3 Å². The Labute approximate surface area is 168 Å². The second kappa shape index (κ2) is 9.22. The third-order valence-corrected chi connectivity index (χ3v) is 6.98. The van der Waals surface area contributed by atoms with E-state index in [1.54, 1.807) is 24.3 Å². The molecule has 1 aromatic heterocycles. The van der Waals surface area contributed by atoms with Gasteiger partial charge >= 0.3 is 6.03 Å². The summed E-state index contributed by atoms with van der Waals surface area (Å²) < 4.78 is 30.6. The monoisotopic (exact) mass is 428 g/mol. The van der Waals surface area contributed by atoms with E-state index >= 15 is 0 Å². The number of benzene rings is 1. The number of aromatic hydroxyl groups is 1. The number of sulfonamides is 1. The molecule has 0 fully saturated rings. The smallest absolute Gasteiger partial charge is 0.328 e. The van der Waals surface area contributed by atoms with E-state index in [2.05, 4.69) is 10.3 Å². The Kier molecular flexibility index (Phi) is 7.22. The lowest BCUT2D eigenvalue weighted by molar-refractivity contribution is 0.257. The van der Waals surface area contributed by atoms with Gasteiger partial charge in [0.1, 0.15) is 5.75 Å². The summed E-state index contributed by atoms with van der Waals surface area (Å²) in [5, 5.41) is 12.8. The molecule has 28 heavy (non-hydrogen) atoms. The van der Waals surface area contributed by atoms with Gasteiger partial charge in [-0.15, -0.1) is 0 Å². The minimum atomic E-state index is -3.86. The lowest BCUT2D eigenvalue weighted by Gasteiger charge is -2.19. The van der Waals surface area contributed by atoms with Crippen molar-refractivity contribution in [3.8, 4) is 11.6 Å².